The molecule has 0 radical (unpaired) electrons. The van der Waals surface area contributed by atoms with Crippen LogP contribution in [0.4, 0.5) is 0 Å². The first-order valence-electron chi connectivity index (χ1n) is 11.1. The maximum Gasteiger partial charge on any atom is 0.223 e. The molecule has 2 fully saturated rings. The van der Waals surface area contributed by atoms with Crippen LogP contribution < -0.4 is 16.0 Å². The molecule has 0 unspecified atom stereocenters. The van der Waals surface area contributed by atoms with Gasteiger partial charge in [-0.1, -0.05) is 25.7 Å². The van der Waals surface area contributed by atoms with Crippen LogP contribution in [-0.4, -0.2) is 61.6 Å². The number of nitrogens with zero attached hydrogens (tertiary/aromatic N) is 2. The Kier molecular flexibility index (Phi) is 9.39. The highest BCUT2D eigenvalue weighted by atomic mass is 16.1. The lowest BCUT2D eigenvalue weighted by molar-refractivity contribution is -0.125. The van der Waals surface area contributed by atoms with E-state index in [9.17, 15) is 4.79 Å². The molecule has 1 aliphatic carbocycles. The first kappa shape index (κ1) is 22.0. The summed E-state index contributed by atoms with van der Waals surface area (Å²) in [6.45, 7) is 12.0. The molecule has 6 heteroatoms. The van der Waals surface area contributed by atoms with Crippen molar-refractivity contribution >= 4 is 11.9 Å². The van der Waals surface area contributed by atoms with Crippen LogP contribution in [0.1, 0.15) is 72.1 Å². The van der Waals surface area contributed by atoms with E-state index < -0.39 is 0 Å². The van der Waals surface area contributed by atoms with Crippen molar-refractivity contribution in [2.45, 2.75) is 77.7 Å². The lowest BCUT2D eigenvalue weighted by Gasteiger charge is -2.40. The molecule has 156 valence electrons. The van der Waals surface area contributed by atoms with Crippen LogP contribution in [0.5, 0.6) is 0 Å². The Bertz CT molecular complexity index is 465. The lowest BCUT2D eigenvalue weighted by Crippen LogP contribution is -2.50. The average molecular weight is 380 g/mol. The summed E-state index contributed by atoms with van der Waals surface area (Å²) in [5.41, 5.74) is 0.0813. The largest absolute Gasteiger partial charge is 0.357 e. The summed E-state index contributed by atoms with van der Waals surface area (Å²) in [4.78, 5) is 19.6. The van der Waals surface area contributed by atoms with Crippen LogP contribution in [0.25, 0.3) is 0 Å². The van der Waals surface area contributed by atoms with E-state index >= 15 is 0 Å². The standard InChI is InChI=1S/C21H41N5O/c1-4-22-20(25-17-21(2,3)26-15-9-6-10-16-26)24-14-13-23-19(27)18-11-7-5-8-12-18/h18H,4-17H2,1-3H3,(H,23,27)(H2,22,24,25). The van der Waals surface area contributed by atoms with Gasteiger partial charge in [-0.15, -0.1) is 0 Å². The van der Waals surface area contributed by atoms with Gasteiger partial charge in [-0.2, -0.15) is 0 Å². The summed E-state index contributed by atoms with van der Waals surface area (Å²) in [6, 6.07) is 0. The molecule has 1 aliphatic heterocycles. The number of hydrogen-bond acceptors (Lipinski definition) is 3. The Balaban J connectivity index is 1.73. The third-order valence-electron chi connectivity index (χ3n) is 5.87. The molecule has 1 saturated carbocycles. The monoisotopic (exact) mass is 379 g/mol. The van der Waals surface area contributed by atoms with Crippen molar-refractivity contribution in [3.8, 4) is 0 Å². The Labute approximate surface area is 165 Å². The van der Waals surface area contributed by atoms with Gasteiger partial charge in [-0.25, -0.2) is 0 Å². The summed E-state index contributed by atoms with van der Waals surface area (Å²) in [5, 5.41) is 9.76. The van der Waals surface area contributed by atoms with E-state index in [4.69, 9.17) is 4.99 Å². The number of piperidine rings is 1. The quantitative estimate of drug-likeness (QED) is 0.344. The molecule has 0 aromatic rings. The predicted octanol–water partition coefficient (Wildman–Crippen LogP) is 2.50. The van der Waals surface area contributed by atoms with Gasteiger partial charge in [0.1, 0.15) is 0 Å². The first-order chi connectivity index (χ1) is 13.0. The van der Waals surface area contributed by atoms with Crippen LogP contribution >= 0.6 is 0 Å². The van der Waals surface area contributed by atoms with Gasteiger partial charge < -0.3 is 16.0 Å². The molecular weight excluding hydrogens is 338 g/mol. The molecule has 27 heavy (non-hydrogen) atoms. The third-order valence-corrected chi connectivity index (χ3v) is 5.87. The Morgan fingerprint density at radius 2 is 1.59 bits per heavy atom. The highest BCUT2D eigenvalue weighted by Crippen LogP contribution is 2.23. The van der Waals surface area contributed by atoms with Gasteiger partial charge in [-0.05, 0) is 59.5 Å². The van der Waals surface area contributed by atoms with E-state index in [1.54, 1.807) is 0 Å². The van der Waals surface area contributed by atoms with E-state index in [1.165, 1.54) is 51.6 Å². The van der Waals surface area contributed by atoms with Crippen LogP contribution in [0.15, 0.2) is 4.99 Å². The fourth-order valence-corrected chi connectivity index (χ4v) is 4.09. The van der Waals surface area contributed by atoms with Crippen LogP contribution in [0, 0.1) is 5.92 Å². The molecule has 6 nitrogen and oxygen atoms in total. The van der Waals surface area contributed by atoms with Crippen LogP contribution in [0.2, 0.25) is 0 Å². The molecule has 0 bridgehead atoms. The van der Waals surface area contributed by atoms with Crippen LogP contribution in [-0.2, 0) is 4.79 Å². The highest BCUT2D eigenvalue weighted by molar-refractivity contribution is 5.80. The van der Waals surface area contributed by atoms with Crippen molar-refractivity contribution in [3.63, 3.8) is 0 Å². The summed E-state index contributed by atoms with van der Waals surface area (Å²) >= 11 is 0. The van der Waals surface area contributed by atoms with Gasteiger partial charge in [0.05, 0.1) is 6.54 Å². The number of carbonyl (C=O) groups is 1. The Morgan fingerprint density at radius 3 is 2.26 bits per heavy atom. The minimum Gasteiger partial charge on any atom is -0.357 e. The summed E-state index contributed by atoms with van der Waals surface area (Å²) in [5.74, 6) is 1.30. The zero-order valence-corrected chi connectivity index (χ0v) is 17.8. The topological polar surface area (TPSA) is 68.8 Å². The second-order valence-corrected chi connectivity index (χ2v) is 8.61. The summed E-state index contributed by atoms with van der Waals surface area (Å²) < 4.78 is 0. The van der Waals surface area contributed by atoms with E-state index in [2.05, 4.69) is 41.6 Å². The molecular formula is C21H41N5O. The maximum atomic E-state index is 12.2. The van der Waals surface area contributed by atoms with Crippen molar-refractivity contribution in [2.24, 2.45) is 10.9 Å². The van der Waals surface area contributed by atoms with Crippen LogP contribution in [0.3, 0.4) is 0 Å². The summed E-state index contributed by atoms with van der Waals surface area (Å²) in [7, 11) is 0. The molecule has 0 atom stereocenters. The number of aliphatic imine (C=N–C) groups is 1. The minimum atomic E-state index is 0.0813. The molecule has 0 aromatic heterocycles. The highest BCUT2D eigenvalue weighted by Gasteiger charge is 2.27. The van der Waals surface area contributed by atoms with E-state index in [0.717, 1.165) is 31.9 Å². The normalized spacial score (nSPS) is 20.3. The van der Waals surface area contributed by atoms with Gasteiger partial charge >= 0.3 is 0 Å². The van der Waals surface area contributed by atoms with Gasteiger partial charge in [0.25, 0.3) is 0 Å². The molecule has 1 heterocycles. The van der Waals surface area contributed by atoms with Crippen molar-refractivity contribution in [1.29, 1.82) is 0 Å². The molecule has 1 amide bonds. The predicted molar refractivity (Wildman–Crippen MR) is 113 cm³/mol. The fourth-order valence-electron chi connectivity index (χ4n) is 4.09. The molecule has 2 aliphatic rings. The molecule has 0 aromatic carbocycles. The van der Waals surface area contributed by atoms with Crippen molar-refractivity contribution in [1.82, 2.24) is 20.9 Å². The van der Waals surface area contributed by atoms with E-state index in [1.807, 2.05) is 0 Å². The first-order valence-corrected chi connectivity index (χ1v) is 11.1. The minimum absolute atomic E-state index is 0.0813. The van der Waals surface area contributed by atoms with Gasteiger partial charge in [0, 0.05) is 31.1 Å². The number of nitrogens with one attached hydrogen (secondary N) is 3. The number of amides is 1. The van der Waals surface area contributed by atoms with Crippen molar-refractivity contribution < 1.29 is 4.79 Å². The number of carbonyl (C=O) groups excluding carboxylic acids is 1. The fraction of sp³-hybridized carbons (Fsp3) is 0.905. The number of hydrogen-bond donors (Lipinski definition) is 3. The number of guanidine groups is 1. The zero-order chi connectivity index (χ0) is 19.5. The van der Waals surface area contributed by atoms with Gasteiger partial charge in [0.15, 0.2) is 5.96 Å². The molecule has 0 spiro atoms. The second kappa shape index (κ2) is 11.5. The van der Waals surface area contributed by atoms with E-state index in [-0.39, 0.29) is 17.4 Å². The smallest absolute Gasteiger partial charge is 0.223 e. The second-order valence-electron chi connectivity index (χ2n) is 8.61. The molecule has 3 N–H and O–H groups in total. The zero-order valence-electron chi connectivity index (χ0n) is 17.8. The lowest BCUT2D eigenvalue weighted by atomic mass is 9.89. The number of likely N-dealkylation sites (tertiary alicyclic amines) is 1. The molecule has 1 saturated heterocycles. The Hall–Kier alpha value is -1.30. The number of rotatable bonds is 8. The SMILES string of the molecule is CCNC(=NCC(C)(C)N1CCCCC1)NCCNC(=O)C1CCCCC1. The maximum absolute atomic E-state index is 12.2. The van der Waals surface area contributed by atoms with Gasteiger partial charge in [-0.3, -0.25) is 14.7 Å². The summed E-state index contributed by atoms with van der Waals surface area (Å²) in [6.07, 6.45) is 9.72. The van der Waals surface area contributed by atoms with E-state index in [0.29, 0.717) is 13.1 Å². The Morgan fingerprint density at radius 1 is 0.963 bits per heavy atom. The van der Waals surface area contributed by atoms with Gasteiger partial charge in [0.2, 0.25) is 5.91 Å². The van der Waals surface area contributed by atoms with Crippen molar-refractivity contribution in [3.05, 3.63) is 0 Å². The average Bonchev–Trinajstić information content (AvgIpc) is 2.70. The molecule has 2 rings (SSSR count). The third kappa shape index (κ3) is 7.68. The van der Waals surface area contributed by atoms with Crippen molar-refractivity contribution in [2.75, 3.05) is 39.3 Å².